The molecule has 0 N–H and O–H groups in total. The van der Waals surface area contributed by atoms with Crippen LogP contribution in [0.3, 0.4) is 0 Å². The van der Waals surface area contributed by atoms with Gasteiger partial charge in [-0.3, -0.25) is 4.79 Å². The molecule has 6 heteroatoms. The molecule has 0 bridgehead atoms. The number of amides is 1. The third-order valence-electron chi connectivity index (χ3n) is 3.86. The van der Waals surface area contributed by atoms with Gasteiger partial charge in [0, 0.05) is 13.1 Å². The van der Waals surface area contributed by atoms with E-state index in [1.807, 2.05) is 0 Å². The van der Waals surface area contributed by atoms with E-state index in [2.05, 4.69) is 0 Å². The van der Waals surface area contributed by atoms with Crippen molar-refractivity contribution in [1.82, 2.24) is 4.90 Å². The molecule has 2 aromatic carbocycles. The van der Waals surface area contributed by atoms with E-state index in [1.165, 1.54) is 29.2 Å². The fourth-order valence-corrected chi connectivity index (χ4v) is 4.18. The van der Waals surface area contributed by atoms with Gasteiger partial charge in [-0.2, -0.15) is 0 Å². The summed E-state index contributed by atoms with van der Waals surface area (Å²) in [7, 11) is -3.51. The summed E-state index contributed by atoms with van der Waals surface area (Å²) in [6.45, 7) is 4.19. The van der Waals surface area contributed by atoms with Crippen LogP contribution in [0.5, 0.6) is 0 Å². The van der Waals surface area contributed by atoms with Crippen molar-refractivity contribution in [2.24, 2.45) is 0 Å². The highest BCUT2D eigenvalue weighted by molar-refractivity contribution is 7.91. The van der Waals surface area contributed by atoms with E-state index < -0.39 is 9.84 Å². The van der Waals surface area contributed by atoms with Gasteiger partial charge in [-0.25, -0.2) is 12.8 Å². The molecule has 0 spiro atoms. The van der Waals surface area contributed by atoms with Gasteiger partial charge in [-0.05, 0) is 43.2 Å². The Bertz CT molecular complexity index is 849. The molecule has 0 fully saturated rings. The van der Waals surface area contributed by atoms with Crippen LogP contribution in [0.4, 0.5) is 4.39 Å². The van der Waals surface area contributed by atoms with E-state index in [1.54, 1.807) is 38.1 Å². The predicted octanol–water partition coefficient (Wildman–Crippen LogP) is 3.67. The smallest absolute Gasteiger partial charge is 0.255 e. The van der Waals surface area contributed by atoms with E-state index in [4.69, 9.17) is 0 Å². The number of rotatable bonds is 7. The van der Waals surface area contributed by atoms with Crippen LogP contribution in [0.15, 0.2) is 53.4 Å². The summed E-state index contributed by atoms with van der Waals surface area (Å²) >= 11 is 0. The van der Waals surface area contributed by atoms with Crippen LogP contribution in [0.25, 0.3) is 0 Å². The first-order valence-corrected chi connectivity index (χ1v) is 9.89. The first-order valence-electron chi connectivity index (χ1n) is 8.24. The standard InChI is InChI=1S/C19H22FNO3S/c1-3-12-25(23,24)18-11-6-5-10-17(18)19(22)21(4-2)14-15-8-7-9-16(20)13-15/h5-11,13H,3-4,12,14H2,1-2H3. The first-order chi connectivity index (χ1) is 11.9. The lowest BCUT2D eigenvalue weighted by atomic mass is 10.1. The molecule has 0 heterocycles. The Morgan fingerprint density at radius 3 is 2.44 bits per heavy atom. The minimum Gasteiger partial charge on any atom is -0.335 e. The van der Waals surface area contributed by atoms with Gasteiger partial charge < -0.3 is 4.90 Å². The van der Waals surface area contributed by atoms with Crippen LogP contribution in [0.1, 0.15) is 36.2 Å². The number of halogens is 1. The molecule has 0 aromatic heterocycles. The zero-order valence-electron chi connectivity index (χ0n) is 14.4. The maximum Gasteiger partial charge on any atom is 0.255 e. The molecule has 0 aliphatic rings. The Kier molecular flexibility index (Phi) is 6.31. The van der Waals surface area contributed by atoms with Crippen LogP contribution >= 0.6 is 0 Å². The van der Waals surface area contributed by atoms with Crippen LogP contribution in [-0.4, -0.2) is 31.5 Å². The SMILES string of the molecule is CCCS(=O)(=O)c1ccccc1C(=O)N(CC)Cc1cccc(F)c1. The van der Waals surface area contributed by atoms with Crippen molar-refractivity contribution in [3.8, 4) is 0 Å². The lowest BCUT2D eigenvalue weighted by Gasteiger charge is -2.22. The molecule has 1 amide bonds. The Hall–Kier alpha value is -2.21. The van der Waals surface area contributed by atoms with Gasteiger partial charge in [-0.1, -0.05) is 31.2 Å². The second-order valence-corrected chi connectivity index (χ2v) is 7.84. The zero-order valence-corrected chi connectivity index (χ0v) is 15.2. The van der Waals surface area contributed by atoms with Crippen LogP contribution < -0.4 is 0 Å². The van der Waals surface area contributed by atoms with Crippen molar-refractivity contribution in [2.45, 2.75) is 31.7 Å². The van der Waals surface area contributed by atoms with Crippen molar-refractivity contribution in [3.63, 3.8) is 0 Å². The summed E-state index contributed by atoms with van der Waals surface area (Å²) in [6, 6.07) is 12.3. The molecule has 0 atom stereocenters. The number of carbonyl (C=O) groups excluding carboxylic acids is 1. The minimum atomic E-state index is -3.51. The molecule has 0 aliphatic carbocycles. The number of hydrogen-bond donors (Lipinski definition) is 0. The summed E-state index contributed by atoms with van der Waals surface area (Å²) in [6.07, 6.45) is 0.478. The fourth-order valence-electron chi connectivity index (χ4n) is 2.65. The van der Waals surface area contributed by atoms with Gasteiger partial charge in [0.2, 0.25) is 0 Å². The summed E-state index contributed by atoms with van der Waals surface area (Å²) < 4.78 is 38.3. The summed E-state index contributed by atoms with van der Waals surface area (Å²) in [4.78, 5) is 14.5. The van der Waals surface area contributed by atoms with Crippen molar-refractivity contribution in [2.75, 3.05) is 12.3 Å². The molecule has 0 saturated carbocycles. The number of carbonyl (C=O) groups is 1. The minimum absolute atomic E-state index is 0.00663. The van der Waals surface area contributed by atoms with E-state index >= 15 is 0 Å². The quantitative estimate of drug-likeness (QED) is 0.754. The van der Waals surface area contributed by atoms with Gasteiger partial charge in [0.05, 0.1) is 16.2 Å². The highest BCUT2D eigenvalue weighted by Crippen LogP contribution is 2.20. The predicted molar refractivity (Wildman–Crippen MR) is 95.6 cm³/mol. The zero-order chi connectivity index (χ0) is 18.4. The molecule has 2 rings (SSSR count). The maximum atomic E-state index is 13.4. The number of sulfone groups is 1. The molecular formula is C19H22FNO3S. The highest BCUT2D eigenvalue weighted by atomic mass is 32.2. The number of benzene rings is 2. The molecular weight excluding hydrogens is 341 g/mol. The maximum absolute atomic E-state index is 13.4. The molecule has 0 saturated heterocycles. The van der Waals surface area contributed by atoms with Crippen molar-refractivity contribution >= 4 is 15.7 Å². The second-order valence-electron chi connectivity index (χ2n) is 5.76. The van der Waals surface area contributed by atoms with Crippen LogP contribution in [0, 0.1) is 5.82 Å². The van der Waals surface area contributed by atoms with Crippen molar-refractivity contribution in [1.29, 1.82) is 0 Å². The fraction of sp³-hybridized carbons (Fsp3) is 0.316. The monoisotopic (exact) mass is 363 g/mol. The van der Waals surface area contributed by atoms with Gasteiger partial charge in [-0.15, -0.1) is 0 Å². The Balaban J connectivity index is 2.35. The summed E-state index contributed by atoms with van der Waals surface area (Å²) in [5, 5.41) is 0. The van der Waals surface area contributed by atoms with E-state index in [0.29, 0.717) is 18.5 Å². The third kappa shape index (κ3) is 4.66. The highest BCUT2D eigenvalue weighted by Gasteiger charge is 2.24. The van der Waals surface area contributed by atoms with Gasteiger partial charge in [0.15, 0.2) is 9.84 Å². The molecule has 25 heavy (non-hydrogen) atoms. The van der Waals surface area contributed by atoms with Crippen LogP contribution in [-0.2, 0) is 16.4 Å². The average Bonchev–Trinajstić information content (AvgIpc) is 2.59. The Morgan fingerprint density at radius 1 is 1.08 bits per heavy atom. The van der Waals surface area contributed by atoms with E-state index in [-0.39, 0.29) is 34.5 Å². The largest absolute Gasteiger partial charge is 0.335 e. The lowest BCUT2D eigenvalue weighted by Crippen LogP contribution is -2.31. The molecule has 134 valence electrons. The van der Waals surface area contributed by atoms with E-state index in [9.17, 15) is 17.6 Å². The molecule has 2 aromatic rings. The van der Waals surface area contributed by atoms with Gasteiger partial charge in [0.1, 0.15) is 5.82 Å². The topological polar surface area (TPSA) is 54.5 Å². The lowest BCUT2D eigenvalue weighted by molar-refractivity contribution is 0.0748. The molecule has 4 nitrogen and oxygen atoms in total. The average molecular weight is 363 g/mol. The van der Waals surface area contributed by atoms with Gasteiger partial charge in [0.25, 0.3) is 5.91 Å². The molecule has 0 unspecified atom stereocenters. The normalized spacial score (nSPS) is 11.3. The van der Waals surface area contributed by atoms with Gasteiger partial charge >= 0.3 is 0 Å². The van der Waals surface area contributed by atoms with E-state index in [0.717, 1.165) is 0 Å². The second kappa shape index (κ2) is 8.25. The van der Waals surface area contributed by atoms with Crippen molar-refractivity contribution in [3.05, 3.63) is 65.5 Å². The van der Waals surface area contributed by atoms with Crippen molar-refractivity contribution < 1.29 is 17.6 Å². The molecule has 0 radical (unpaired) electrons. The summed E-state index contributed by atoms with van der Waals surface area (Å²) in [5.41, 5.74) is 0.818. The van der Waals surface area contributed by atoms with Crippen LogP contribution in [0.2, 0.25) is 0 Å². The number of nitrogens with zero attached hydrogens (tertiary/aromatic N) is 1. The Morgan fingerprint density at radius 2 is 1.80 bits per heavy atom. The molecule has 0 aliphatic heterocycles. The number of hydrogen-bond acceptors (Lipinski definition) is 3. The Labute approximate surface area is 148 Å². The first kappa shape index (κ1) is 19.1. The third-order valence-corrected chi connectivity index (χ3v) is 5.83. The summed E-state index contributed by atoms with van der Waals surface area (Å²) in [5.74, 6) is -0.748.